The molecule has 0 aromatic heterocycles. The van der Waals surface area contributed by atoms with Gasteiger partial charge in [0.25, 0.3) is 0 Å². The molecule has 0 saturated carbocycles. The van der Waals surface area contributed by atoms with Crippen LogP contribution in [-0.2, 0) is 10.0 Å². The van der Waals surface area contributed by atoms with E-state index in [0.717, 1.165) is 4.31 Å². The minimum atomic E-state index is -3.75. The summed E-state index contributed by atoms with van der Waals surface area (Å²) >= 11 is 0. The first-order valence-corrected chi connectivity index (χ1v) is 7.17. The summed E-state index contributed by atoms with van der Waals surface area (Å²) in [5.74, 6) is 0. The zero-order valence-corrected chi connectivity index (χ0v) is 11.1. The summed E-state index contributed by atoms with van der Waals surface area (Å²) in [4.78, 5) is 0.0605. The van der Waals surface area contributed by atoms with Crippen molar-refractivity contribution < 1.29 is 18.6 Å². The molecule has 0 radical (unpaired) electrons. The molecule has 6 nitrogen and oxygen atoms in total. The number of aliphatic hydroxyl groups excluding tert-OH is 2. The molecule has 0 spiro atoms. The lowest BCUT2D eigenvalue weighted by Crippen LogP contribution is -2.30. The standard InChI is InChI=1S/C12H14N2O4S/c1-8-4-10(3-2-9(8)5-13)19(17,18)14-6-11(15)12(16)7-14/h2-4,11-12,15-16H,6-7H2,1H3. The zero-order valence-electron chi connectivity index (χ0n) is 10.3. The van der Waals surface area contributed by atoms with Crippen molar-refractivity contribution in [2.24, 2.45) is 0 Å². The third-order valence-electron chi connectivity index (χ3n) is 3.18. The van der Waals surface area contributed by atoms with Crippen molar-refractivity contribution in [3.8, 4) is 6.07 Å². The Morgan fingerprint density at radius 1 is 1.32 bits per heavy atom. The molecule has 0 bridgehead atoms. The number of sulfonamides is 1. The van der Waals surface area contributed by atoms with Gasteiger partial charge in [0.05, 0.1) is 28.7 Å². The molecule has 1 aromatic rings. The van der Waals surface area contributed by atoms with Crippen LogP contribution in [0.15, 0.2) is 23.1 Å². The van der Waals surface area contributed by atoms with Crippen molar-refractivity contribution >= 4 is 10.0 Å². The average molecular weight is 282 g/mol. The van der Waals surface area contributed by atoms with Gasteiger partial charge in [-0.2, -0.15) is 9.57 Å². The molecule has 1 saturated heterocycles. The highest BCUT2D eigenvalue weighted by Gasteiger charge is 2.37. The minimum absolute atomic E-state index is 0.0605. The van der Waals surface area contributed by atoms with Gasteiger partial charge in [0.1, 0.15) is 0 Å². The van der Waals surface area contributed by atoms with Crippen molar-refractivity contribution in [3.05, 3.63) is 29.3 Å². The van der Waals surface area contributed by atoms with E-state index >= 15 is 0 Å². The third kappa shape index (κ3) is 2.48. The number of rotatable bonds is 2. The van der Waals surface area contributed by atoms with Crippen molar-refractivity contribution in [2.45, 2.75) is 24.0 Å². The maximum atomic E-state index is 12.3. The van der Waals surface area contributed by atoms with Crippen LogP contribution in [0.25, 0.3) is 0 Å². The van der Waals surface area contributed by atoms with E-state index in [1.54, 1.807) is 6.92 Å². The average Bonchev–Trinajstić information content (AvgIpc) is 2.70. The summed E-state index contributed by atoms with van der Waals surface area (Å²) in [6.07, 6.45) is -2.12. The fraction of sp³-hybridized carbons (Fsp3) is 0.417. The van der Waals surface area contributed by atoms with E-state index in [4.69, 9.17) is 5.26 Å². The Bertz CT molecular complexity index is 626. The Kier molecular flexibility index (Phi) is 3.60. The molecular weight excluding hydrogens is 268 g/mol. The fourth-order valence-corrected chi connectivity index (χ4v) is 3.56. The zero-order chi connectivity index (χ0) is 14.2. The predicted molar refractivity (Wildman–Crippen MR) is 66.7 cm³/mol. The largest absolute Gasteiger partial charge is 0.389 e. The third-order valence-corrected chi connectivity index (χ3v) is 5.01. The summed E-state index contributed by atoms with van der Waals surface area (Å²) in [6, 6.07) is 6.20. The first-order valence-electron chi connectivity index (χ1n) is 5.73. The Morgan fingerprint density at radius 2 is 1.89 bits per heavy atom. The van der Waals surface area contributed by atoms with Gasteiger partial charge in [-0.05, 0) is 30.7 Å². The van der Waals surface area contributed by atoms with Gasteiger partial charge in [-0.3, -0.25) is 0 Å². The summed E-state index contributed by atoms with van der Waals surface area (Å²) in [7, 11) is -3.75. The molecule has 7 heteroatoms. The van der Waals surface area contributed by atoms with Gasteiger partial charge in [-0.15, -0.1) is 0 Å². The van der Waals surface area contributed by atoms with Crippen LogP contribution >= 0.6 is 0 Å². The molecule has 0 amide bonds. The summed E-state index contributed by atoms with van der Waals surface area (Å²) in [5, 5.41) is 27.6. The molecule has 102 valence electrons. The number of hydrogen-bond acceptors (Lipinski definition) is 5. The van der Waals surface area contributed by atoms with Gasteiger partial charge < -0.3 is 10.2 Å². The van der Waals surface area contributed by atoms with E-state index < -0.39 is 22.2 Å². The minimum Gasteiger partial charge on any atom is -0.389 e. The fourth-order valence-electron chi connectivity index (χ4n) is 2.00. The van der Waals surface area contributed by atoms with Gasteiger partial charge in [-0.25, -0.2) is 8.42 Å². The maximum Gasteiger partial charge on any atom is 0.243 e. The summed E-state index contributed by atoms with van der Waals surface area (Å²) < 4.78 is 25.6. The quantitative estimate of drug-likeness (QED) is 0.768. The Hall–Kier alpha value is -1.46. The van der Waals surface area contributed by atoms with Crippen LogP contribution in [0.1, 0.15) is 11.1 Å². The number of aliphatic hydroxyl groups is 2. The Morgan fingerprint density at radius 3 is 2.37 bits per heavy atom. The highest BCUT2D eigenvalue weighted by atomic mass is 32.2. The molecule has 2 unspecified atom stereocenters. The van der Waals surface area contributed by atoms with Crippen LogP contribution in [-0.4, -0.2) is 48.2 Å². The normalized spacial score (nSPS) is 24.3. The van der Waals surface area contributed by atoms with Crippen LogP contribution in [0, 0.1) is 18.3 Å². The lowest BCUT2D eigenvalue weighted by Gasteiger charge is -2.16. The first kappa shape index (κ1) is 14.0. The van der Waals surface area contributed by atoms with Crippen molar-refractivity contribution in [1.82, 2.24) is 4.31 Å². The molecule has 1 aliphatic heterocycles. The SMILES string of the molecule is Cc1cc(S(=O)(=O)N2CC(O)C(O)C2)ccc1C#N. The van der Waals surface area contributed by atoms with Crippen LogP contribution < -0.4 is 0 Å². The van der Waals surface area contributed by atoms with E-state index in [-0.39, 0.29) is 18.0 Å². The maximum absolute atomic E-state index is 12.3. The van der Waals surface area contributed by atoms with Crippen molar-refractivity contribution in [2.75, 3.05) is 13.1 Å². The molecule has 1 aliphatic rings. The number of nitrogens with zero attached hydrogens (tertiary/aromatic N) is 2. The van der Waals surface area contributed by atoms with Gasteiger partial charge in [0.2, 0.25) is 10.0 Å². The lowest BCUT2D eigenvalue weighted by atomic mass is 10.1. The smallest absolute Gasteiger partial charge is 0.243 e. The van der Waals surface area contributed by atoms with Crippen LogP contribution in [0.5, 0.6) is 0 Å². The number of benzene rings is 1. The molecule has 1 heterocycles. The molecule has 2 N–H and O–H groups in total. The van der Waals surface area contributed by atoms with Gasteiger partial charge in [-0.1, -0.05) is 0 Å². The summed E-state index contributed by atoms with van der Waals surface area (Å²) in [5.41, 5.74) is 0.990. The second-order valence-corrected chi connectivity index (χ2v) is 6.48. The molecule has 19 heavy (non-hydrogen) atoms. The summed E-state index contributed by atoms with van der Waals surface area (Å²) in [6.45, 7) is 1.41. The van der Waals surface area contributed by atoms with Crippen LogP contribution in [0.2, 0.25) is 0 Å². The van der Waals surface area contributed by atoms with E-state index in [2.05, 4.69) is 0 Å². The molecular formula is C12H14N2O4S. The highest BCUT2D eigenvalue weighted by Crippen LogP contribution is 2.23. The van der Waals surface area contributed by atoms with E-state index in [1.807, 2.05) is 6.07 Å². The second kappa shape index (κ2) is 4.90. The monoisotopic (exact) mass is 282 g/mol. The van der Waals surface area contributed by atoms with Gasteiger partial charge in [0, 0.05) is 13.1 Å². The Balaban J connectivity index is 2.36. The highest BCUT2D eigenvalue weighted by molar-refractivity contribution is 7.89. The Labute approximate surface area is 111 Å². The van der Waals surface area contributed by atoms with Crippen molar-refractivity contribution in [1.29, 1.82) is 5.26 Å². The lowest BCUT2D eigenvalue weighted by molar-refractivity contribution is 0.0572. The topological polar surface area (TPSA) is 102 Å². The molecule has 2 rings (SSSR count). The first-order chi connectivity index (χ1) is 8.86. The van der Waals surface area contributed by atoms with Crippen molar-refractivity contribution in [3.63, 3.8) is 0 Å². The predicted octanol–water partition coefficient (Wildman–Crippen LogP) is -0.407. The second-order valence-electron chi connectivity index (χ2n) is 4.55. The number of nitriles is 1. The van der Waals surface area contributed by atoms with Crippen LogP contribution in [0.3, 0.4) is 0 Å². The molecule has 0 aliphatic carbocycles. The van der Waals surface area contributed by atoms with Crippen LogP contribution in [0.4, 0.5) is 0 Å². The number of hydrogen-bond donors (Lipinski definition) is 2. The van der Waals surface area contributed by atoms with E-state index in [0.29, 0.717) is 11.1 Å². The molecule has 2 atom stereocenters. The van der Waals surface area contributed by atoms with Gasteiger partial charge in [0.15, 0.2) is 0 Å². The molecule has 1 aromatic carbocycles. The van der Waals surface area contributed by atoms with Gasteiger partial charge >= 0.3 is 0 Å². The van der Waals surface area contributed by atoms with E-state index in [9.17, 15) is 18.6 Å². The number of aryl methyl sites for hydroxylation is 1. The number of β-amino-alcohol motifs (C(OH)–C–C–N with tert-alkyl or cyclic N) is 2. The molecule has 1 fully saturated rings. The van der Waals surface area contributed by atoms with E-state index in [1.165, 1.54) is 18.2 Å².